The third kappa shape index (κ3) is 3.43. The van der Waals surface area contributed by atoms with Crippen LogP contribution in [0.3, 0.4) is 0 Å². The molecule has 0 spiro atoms. The molecule has 4 rings (SSSR count). The first-order valence-electron chi connectivity index (χ1n) is 9.10. The molecule has 0 saturated carbocycles. The van der Waals surface area contributed by atoms with E-state index in [4.69, 9.17) is 0 Å². The topological polar surface area (TPSA) is 78.5 Å². The number of nitrogens with zero attached hydrogens (tertiary/aromatic N) is 6. The lowest BCUT2D eigenvalue weighted by atomic mass is 10.2. The molecule has 3 heterocycles. The van der Waals surface area contributed by atoms with E-state index >= 15 is 0 Å². The van der Waals surface area contributed by atoms with E-state index in [9.17, 15) is 4.79 Å². The zero-order valence-corrected chi connectivity index (χ0v) is 16.6. The maximum absolute atomic E-state index is 12.6. The number of rotatable bonds is 6. The van der Waals surface area contributed by atoms with Crippen LogP contribution in [0.25, 0.3) is 22.3 Å². The number of benzene rings is 1. The molecule has 0 radical (unpaired) electrons. The molecule has 0 saturated heterocycles. The highest BCUT2D eigenvalue weighted by atomic mass is 32.2. The Hall–Kier alpha value is -3.00. The quantitative estimate of drug-likeness (QED) is 0.469. The van der Waals surface area contributed by atoms with E-state index in [2.05, 4.69) is 31.7 Å². The van der Waals surface area contributed by atoms with E-state index in [1.807, 2.05) is 30.3 Å². The van der Waals surface area contributed by atoms with E-state index in [1.54, 1.807) is 30.1 Å². The van der Waals surface area contributed by atoms with E-state index in [1.165, 1.54) is 11.8 Å². The minimum Gasteiger partial charge on any atom is -0.302 e. The summed E-state index contributed by atoms with van der Waals surface area (Å²) in [6.07, 6.45) is 4.47. The summed E-state index contributed by atoms with van der Waals surface area (Å²) < 4.78 is 3.72. The molecule has 3 aromatic heterocycles. The number of pyridine rings is 1. The summed E-state index contributed by atoms with van der Waals surface area (Å²) in [5.41, 5.74) is 1.67. The van der Waals surface area contributed by atoms with Crippen molar-refractivity contribution in [3.63, 3.8) is 0 Å². The van der Waals surface area contributed by atoms with Gasteiger partial charge >= 0.3 is 0 Å². The monoisotopic (exact) mass is 392 g/mol. The van der Waals surface area contributed by atoms with Crippen LogP contribution in [-0.4, -0.2) is 29.3 Å². The number of aromatic nitrogens is 6. The van der Waals surface area contributed by atoms with Crippen LogP contribution in [0.15, 0.2) is 58.7 Å². The van der Waals surface area contributed by atoms with Gasteiger partial charge in [0.2, 0.25) is 0 Å². The highest BCUT2D eigenvalue weighted by Gasteiger charge is 2.15. The van der Waals surface area contributed by atoms with E-state index in [0.29, 0.717) is 22.5 Å². The van der Waals surface area contributed by atoms with Crippen LogP contribution in [0.5, 0.6) is 0 Å². The van der Waals surface area contributed by atoms with Gasteiger partial charge in [0.1, 0.15) is 5.82 Å². The predicted octanol–water partition coefficient (Wildman–Crippen LogP) is 3.29. The SMILES string of the molecule is CCCn1c(SCc2nc3ccccc3c(=O)n2C)nnc1-c1ccncc1. The molecule has 7 nitrogen and oxygen atoms in total. The van der Waals surface area contributed by atoms with E-state index < -0.39 is 0 Å². The summed E-state index contributed by atoms with van der Waals surface area (Å²) in [6.45, 7) is 2.94. The second-order valence-corrected chi connectivity index (χ2v) is 7.33. The zero-order chi connectivity index (χ0) is 19.5. The Morgan fingerprint density at radius 3 is 2.64 bits per heavy atom. The second-order valence-electron chi connectivity index (χ2n) is 6.39. The molecular weight excluding hydrogens is 372 g/mol. The molecule has 0 fully saturated rings. The fraction of sp³-hybridized carbons (Fsp3) is 0.250. The Labute approximate surface area is 166 Å². The summed E-state index contributed by atoms with van der Waals surface area (Å²) >= 11 is 1.54. The lowest BCUT2D eigenvalue weighted by Gasteiger charge is -2.10. The molecule has 0 bridgehead atoms. The lowest BCUT2D eigenvalue weighted by molar-refractivity contribution is 0.626. The number of hydrogen-bond donors (Lipinski definition) is 0. The van der Waals surface area contributed by atoms with Crippen LogP contribution in [0.4, 0.5) is 0 Å². The Morgan fingerprint density at radius 1 is 1.07 bits per heavy atom. The molecule has 0 amide bonds. The van der Waals surface area contributed by atoms with Gasteiger partial charge in [-0.2, -0.15) is 0 Å². The van der Waals surface area contributed by atoms with Crippen molar-refractivity contribution in [2.75, 3.05) is 0 Å². The van der Waals surface area contributed by atoms with Crippen LogP contribution in [0, 0.1) is 0 Å². The second kappa shape index (κ2) is 7.93. The van der Waals surface area contributed by atoms with Gasteiger partial charge in [0.15, 0.2) is 11.0 Å². The molecule has 0 aliphatic carbocycles. The molecule has 8 heteroatoms. The van der Waals surface area contributed by atoms with Gasteiger partial charge in [-0.25, -0.2) is 4.98 Å². The van der Waals surface area contributed by atoms with Crippen molar-refractivity contribution in [1.82, 2.24) is 29.3 Å². The summed E-state index contributed by atoms with van der Waals surface area (Å²) in [5, 5.41) is 10.2. The molecule has 1 aromatic carbocycles. The first-order chi connectivity index (χ1) is 13.7. The standard InChI is InChI=1S/C20H20N6OS/c1-3-12-26-18(14-8-10-21-11-9-14)23-24-20(26)28-13-17-22-16-7-5-4-6-15(16)19(27)25(17)2/h4-11H,3,12-13H2,1-2H3. The van der Waals surface area contributed by atoms with Crippen LogP contribution in [-0.2, 0) is 19.3 Å². The first-order valence-corrected chi connectivity index (χ1v) is 10.1. The fourth-order valence-electron chi connectivity index (χ4n) is 3.06. The molecule has 4 aromatic rings. The number of para-hydroxylation sites is 1. The molecule has 142 valence electrons. The van der Waals surface area contributed by atoms with Crippen molar-refractivity contribution >= 4 is 22.7 Å². The van der Waals surface area contributed by atoms with Gasteiger partial charge in [-0.1, -0.05) is 30.8 Å². The minimum atomic E-state index is -0.0336. The molecule has 0 aliphatic rings. The maximum atomic E-state index is 12.6. The Bertz CT molecular complexity index is 1170. The Morgan fingerprint density at radius 2 is 1.86 bits per heavy atom. The molecule has 0 unspecified atom stereocenters. The highest BCUT2D eigenvalue weighted by Crippen LogP contribution is 2.26. The third-order valence-electron chi connectivity index (χ3n) is 4.51. The predicted molar refractivity (Wildman–Crippen MR) is 110 cm³/mol. The van der Waals surface area contributed by atoms with Gasteiger partial charge in [-0.3, -0.25) is 14.3 Å². The van der Waals surface area contributed by atoms with Gasteiger partial charge in [-0.05, 0) is 30.7 Å². The fourth-order valence-corrected chi connectivity index (χ4v) is 4.01. The average molecular weight is 392 g/mol. The zero-order valence-electron chi connectivity index (χ0n) is 15.7. The maximum Gasteiger partial charge on any atom is 0.261 e. The van der Waals surface area contributed by atoms with Crippen molar-refractivity contribution in [3.05, 3.63) is 65.0 Å². The summed E-state index contributed by atoms with van der Waals surface area (Å²) in [4.78, 5) is 21.3. The van der Waals surface area contributed by atoms with Crippen molar-refractivity contribution in [2.24, 2.45) is 7.05 Å². The Balaban J connectivity index is 1.66. The molecule has 0 aliphatic heterocycles. The molecule has 28 heavy (non-hydrogen) atoms. The third-order valence-corrected chi connectivity index (χ3v) is 5.47. The first kappa shape index (κ1) is 18.4. The minimum absolute atomic E-state index is 0.0336. The average Bonchev–Trinajstić information content (AvgIpc) is 3.13. The van der Waals surface area contributed by atoms with Crippen LogP contribution >= 0.6 is 11.8 Å². The van der Waals surface area contributed by atoms with Crippen molar-refractivity contribution in [2.45, 2.75) is 30.8 Å². The van der Waals surface area contributed by atoms with Crippen LogP contribution in [0.1, 0.15) is 19.2 Å². The van der Waals surface area contributed by atoms with Gasteiger partial charge in [0.25, 0.3) is 5.56 Å². The number of thioether (sulfide) groups is 1. The number of hydrogen-bond acceptors (Lipinski definition) is 6. The number of fused-ring (bicyclic) bond motifs is 1. The van der Waals surface area contributed by atoms with Gasteiger partial charge < -0.3 is 4.57 Å². The van der Waals surface area contributed by atoms with Crippen LogP contribution < -0.4 is 5.56 Å². The summed E-state index contributed by atoms with van der Waals surface area (Å²) in [7, 11) is 1.76. The molecule has 0 atom stereocenters. The normalized spacial score (nSPS) is 11.2. The highest BCUT2D eigenvalue weighted by molar-refractivity contribution is 7.98. The van der Waals surface area contributed by atoms with Gasteiger partial charge in [-0.15, -0.1) is 10.2 Å². The van der Waals surface area contributed by atoms with E-state index in [0.717, 1.165) is 29.5 Å². The van der Waals surface area contributed by atoms with Crippen molar-refractivity contribution in [3.8, 4) is 11.4 Å². The molecular formula is C20H20N6OS. The van der Waals surface area contributed by atoms with Gasteiger partial charge in [0.05, 0.1) is 16.7 Å². The van der Waals surface area contributed by atoms with Crippen molar-refractivity contribution < 1.29 is 0 Å². The Kier molecular flexibility index (Phi) is 5.21. The lowest BCUT2D eigenvalue weighted by Crippen LogP contribution is -2.22. The molecule has 0 N–H and O–H groups in total. The van der Waals surface area contributed by atoms with E-state index in [-0.39, 0.29) is 5.56 Å². The van der Waals surface area contributed by atoms with Crippen LogP contribution in [0.2, 0.25) is 0 Å². The largest absolute Gasteiger partial charge is 0.302 e. The summed E-state index contributed by atoms with van der Waals surface area (Å²) in [5.74, 6) is 2.08. The smallest absolute Gasteiger partial charge is 0.261 e. The van der Waals surface area contributed by atoms with Crippen molar-refractivity contribution in [1.29, 1.82) is 0 Å². The van der Waals surface area contributed by atoms with Gasteiger partial charge in [0, 0.05) is 31.5 Å². The summed E-state index contributed by atoms with van der Waals surface area (Å²) in [6, 6.07) is 11.3.